The Morgan fingerprint density at radius 1 is 1.06 bits per heavy atom. The largest absolute Gasteiger partial charge is 0.240 e. The first-order valence-corrected chi connectivity index (χ1v) is 5.63. The third kappa shape index (κ3) is 2.45. The molecule has 1 aromatic rings. The van der Waals surface area contributed by atoms with E-state index in [1.165, 1.54) is 0 Å². The Morgan fingerprint density at radius 3 is 2.17 bits per heavy atom. The summed E-state index contributed by atoms with van der Waals surface area (Å²) >= 11 is 0. The Labute approximate surface area is 106 Å². The van der Waals surface area contributed by atoms with E-state index in [-0.39, 0.29) is 0 Å². The Hall–Kier alpha value is -2.02. The first kappa shape index (κ1) is 14.0. The van der Waals surface area contributed by atoms with Crippen LogP contribution in [0.15, 0.2) is 16.1 Å². The minimum atomic E-state index is -0.683. The summed E-state index contributed by atoms with van der Waals surface area (Å²) in [5.74, 6) is 0. The topological polar surface area (TPSA) is 58.9 Å². The van der Waals surface area contributed by atoms with Crippen LogP contribution in [0.3, 0.4) is 0 Å². The first-order chi connectivity index (χ1) is 8.35. The molecule has 0 saturated heterocycles. The number of hydrogen-bond donors (Lipinski definition) is 0. The Balaban J connectivity index is 3.67. The summed E-state index contributed by atoms with van der Waals surface area (Å²) in [6.45, 7) is 9.34. The van der Waals surface area contributed by atoms with Crippen molar-refractivity contribution in [1.29, 1.82) is 0 Å². The maximum absolute atomic E-state index is 10.5. The molecule has 0 radical (unpaired) electrons. The highest BCUT2D eigenvalue weighted by Crippen LogP contribution is 2.36. The van der Waals surface area contributed by atoms with E-state index >= 15 is 0 Å². The van der Waals surface area contributed by atoms with Crippen LogP contribution in [0.2, 0.25) is 0 Å². The van der Waals surface area contributed by atoms with Crippen molar-refractivity contribution in [3.63, 3.8) is 0 Å². The average Bonchev–Trinajstić information content (AvgIpc) is 2.29. The molecule has 1 aromatic carbocycles. The molecule has 0 aliphatic rings. The second-order valence-electron chi connectivity index (χ2n) is 4.80. The van der Waals surface area contributed by atoms with Gasteiger partial charge in [-0.05, 0) is 56.9 Å². The molecule has 0 aliphatic carbocycles. The van der Waals surface area contributed by atoms with Crippen LogP contribution in [0.4, 0.5) is 5.69 Å². The van der Waals surface area contributed by atoms with E-state index in [4.69, 9.17) is 0 Å². The van der Waals surface area contributed by atoms with Crippen LogP contribution in [0, 0.1) is 20.8 Å². The van der Waals surface area contributed by atoms with Gasteiger partial charge in [-0.3, -0.25) is 0 Å². The molecule has 4 heteroatoms. The number of nitrogens with zero attached hydrogens (tertiary/aromatic N) is 2. The summed E-state index contributed by atoms with van der Waals surface area (Å²) in [7, 11) is 0. The van der Waals surface area contributed by atoms with Gasteiger partial charge in [0.2, 0.25) is 12.2 Å². The standard InChI is InChI=1S/C14H16N2O2/c1-9-6-12(14(4,5)16-8-18)11(3)13(10(9)2)15-7-17/h6H,1-5H3. The number of aliphatic imine (C=N–C) groups is 2. The molecule has 0 N–H and O–H groups in total. The molecule has 4 nitrogen and oxygen atoms in total. The van der Waals surface area contributed by atoms with E-state index in [9.17, 15) is 9.59 Å². The van der Waals surface area contributed by atoms with Crippen LogP contribution in [0.5, 0.6) is 0 Å². The fraction of sp³-hybridized carbons (Fsp3) is 0.429. The third-order valence-corrected chi connectivity index (χ3v) is 3.21. The molecule has 0 aromatic heterocycles. The number of hydrogen-bond acceptors (Lipinski definition) is 4. The zero-order valence-electron chi connectivity index (χ0n) is 11.3. The summed E-state index contributed by atoms with van der Waals surface area (Å²) in [5.41, 5.74) is 3.56. The highest BCUT2D eigenvalue weighted by molar-refractivity contribution is 5.63. The van der Waals surface area contributed by atoms with Crippen molar-refractivity contribution < 1.29 is 9.59 Å². The van der Waals surface area contributed by atoms with E-state index in [0.717, 1.165) is 22.3 Å². The Kier molecular flexibility index (Phi) is 3.97. The lowest BCUT2D eigenvalue weighted by molar-refractivity contribution is 0.521. The summed E-state index contributed by atoms with van der Waals surface area (Å²) in [5, 5.41) is 0. The minimum absolute atomic E-state index is 0.606. The summed E-state index contributed by atoms with van der Waals surface area (Å²) < 4.78 is 0. The van der Waals surface area contributed by atoms with Crippen LogP contribution in [0.1, 0.15) is 36.1 Å². The first-order valence-electron chi connectivity index (χ1n) is 5.63. The van der Waals surface area contributed by atoms with Gasteiger partial charge in [0.1, 0.15) is 0 Å². The van der Waals surface area contributed by atoms with Gasteiger partial charge >= 0.3 is 0 Å². The van der Waals surface area contributed by atoms with Crippen molar-refractivity contribution >= 4 is 17.8 Å². The number of rotatable bonds is 3. The molecule has 18 heavy (non-hydrogen) atoms. The molecule has 94 valence electrons. The van der Waals surface area contributed by atoms with Gasteiger partial charge in [0.15, 0.2) is 0 Å². The molecule has 0 atom stereocenters. The van der Waals surface area contributed by atoms with E-state index in [2.05, 4.69) is 9.98 Å². The maximum atomic E-state index is 10.5. The highest BCUT2D eigenvalue weighted by Gasteiger charge is 2.24. The van der Waals surface area contributed by atoms with E-state index in [0.29, 0.717) is 5.69 Å². The van der Waals surface area contributed by atoms with Gasteiger partial charge in [-0.25, -0.2) is 9.59 Å². The quantitative estimate of drug-likeness (QED) is 0.605. The van der Waals surface area contributed by atoms with Crippen molar-refractivity contribution in [2.45, 2.75) is 40.2 Å². The normalized spacial score (nSPS) is 10.5. The lowest BCUT2D eigenvalue weighted by Crippen LogP contribution is -2.16. The number of carbonyl (C=O) groups excluding carboxylic acids is 2. The zero-order valence-corrected chi connectivity index (χ0v) is 11.3. The van der Waals surface area contributed by atoms with Gasteiger partial charge in [0, 0.05) is 0 Å². The molecule has 0 spiro atoms. The van der Waals surface area contributed by atoms with Crippen LogP contribution in [0.25, 0.3) is 0 Å². The van der Waals surface area contributed by atoms with Crippen molar-refractivity contribution in [2.75, 3.05) is 0 Å². The second kappa shape index (κ2) is 5.09. The van der Waals surface area contributed by atoms with E-state index in [1.807, 2.05) is 40.7 Å². The Bertz CT molecular complexity index is 576. The molecule has 0 fully saturated rings. The van der Waals surface area contributed by atoms with Crippen molar-refractivity contribution in [3.8, 4) is 0 Å². The molecule has 1 rings (SSSR count). The fourth-order valence-corrected chi connectivity index (χ4v) is 2.05. The molecule has 0 unspecified atom stereocenters. The zero-order chi connectivity index (χ0) is 13.9. The van der Waals surface area contributed by atoms with E-state index < -0.39 is 5.54 Å². The summed E-state index contributed by atoms with van der Waals surface area (Å²) in [6, 6.07) is 1.97. The highest BCUT2D eigenvalue weighted by atomic mass is 16.1. The molecule has 0 saturated carbocycles. The average molecular weight is 244 g/mol. The predicted molar refractivity (Wildman–Crippen MR) is 69.6 cm³/mol. The lowest BCUT2D eigenvalue weighted by atomic mass is 9.87. The van der Waals surface area contributed by atoms with Crippen LogP contribution in [-0.4, -0.2) is 12.2 Å². The molecule has 0 bridgehead atoms. The van der Waals surface area contributed by atoms with Crippen LogP contribution in [-0.2, 0) is 15.1 Å². The molecule has 0 amide bonds. The number of aryl methyl sites for hydroxylation is 1. The lowest BCUT2D eigenvalue weighted by Gasteiger charge is -2.23. The number of benzene rings is 1. The van der Waals surface area contributed by atoms with Crippen LogP contribution >= 0.6 is 0 Å². The van der Waals surface area contributed by atoms with Crippen LogP contribution < -0.4 is 0 Å². The van der Waals surface area contributed by atoms with Gasteiger partial charge in [0.05, 0.1) is 11.2 Å². The van der Waals surface area contributed by atoms with E-state index in [1.54, 1.807) is 12.2 Å². The second-order valence-corrected chi connectivity index (χ2v) is 4.80. The maximum Gasteiger partial charge on any atom is 0.240 e. The van der Waals surface area contributed by atoms with Crippen molar-refractivity contribution in [3.05, 3.63) is 28.3 Å². The summed E-state index contributed by atoms with van der Waals surface area (Å²) in [6.07, 6.45) is 3.16. The third-order valence-electron chi connectivity index (χ3n) is 3.21. The predicted octanol–water partition coefficient (Wildman–Crippen LogP) is 3.15. The van der Waals surface area contributed by atoms with Crippen molar-refractivity contribution in [1.82, 2.24) is 0 Å². The van der Waals surface area contributed by atoms with Gasteiger partial charge in [0.25, 0.3) is 0 Å². The van der Waals surface area contributed by atoms with Gasteiger partial charge in [-0.2, -0.15) is 9.98 Å². The van der Waals surface area contributed by atoms with Gasteiger partial charge in [-0.1, -0.05) is 6.07 Å². The molecular weight excluding hydrogens is 228 g/mol. The Morgan fingerprint density at radius 2 is 1.67 bits per heavy atom. The van der Waals surface area contributed by atoms with Gasteiger partial charge < -0.3 is 0 Å². The van der Waals surface area contributed by atoms with Gasteiger partial charge in [-0.15, -0.1) is 0 Å². The SMILES string of the molecule is Cc1cc(C(C)(C)N=C=O)c(C)c(N=C=O)c1C. The van der Waals surface area contributed by atoms with Crippen molar-refractivity contribution in [2.24, 2.45) is 9.98 Å². The molecular formula is C14H16N2O2. The molecule has 0 aliphatic heterocycles. The molecule has 0 heterocycles. The summed E-state index contributed by atoms with van der Waals surface area (Å²) in [4.78, 5) is 28.6. The minimum Gasteiger partial charge on any atom is -0.211 e. The number of isocyanates is 2. The smallest absolute Gasteiger partial charge is 0.211 e. The monoisotopic (exact) mass is 244 g/mol. The fourth-order valence-electron chi connectivity index (χ4n) is 2.05.